The molecule has 1 aromatic carbocycles. The smallest absolute Gasteiger partial charge is 0.249 e. The van der Waals surface area contributed by atoms with E-state index >= 15 is 0 Å². The minimum absolute atomic E-state index is 0.0525. The summed E-state index contributed by atoms with van der Waals surface area (Å²) in [5.74, 6) is 0.104. The monoisotopic (exact) mass is 345 g/mol. The summed E-state index contributed by atoms with van der Waals surface area (Å²) in [5.41, 5.74) is 6.88. The maximum atomic E-state index is 13.2. The summed E-state index contributed by atoms with van der Waals surface area (Å²) in [5, 5.41) is 2.94. The molecule has 138 valence electrons. The molecule has 5 nitrogen and oxygen atoms in total. The van der Waals surface area contributed by atoms with Crippen molar-refractivity contribution in [1.82, 2.24) is 10.2 Å². The predicted octanol–water partition coefficient (Wildman–Crippen LogP) is 2.48. The van der Waals surface area contributed by atoms with Crippen LogP contribution in [0.3, 0.4) is 0 Å². The van der Waals surface area contributed by atoms with Gasteiger partial charge in [-0.15, -0.1) is 0 Å². The Morgan fingerprint density at radius 2 is 1.92 bits per heavy atom. The van der Waals surface area contributed by atoms with Crippen LogP contribution in [0.5, 0.6) is 0 Å². The fourth-order valence-corrected chi connectivity index (χ4v) is 3.27. The van der Waals surface area contributed by atoms with Crippen molar-refractivity contribution in [3.63, 3.8) is 0 Å². The second-order valence-electron chi connectivity index (χ2n) is 8.15. The van der Waals surface area contributed by atoms with Crippen LogP contribution < -0.4 is 11.1 Å². The second kappa shape index (κ2) is 8.00. The van der Waals surface area contributed by atoms with Crippen molar-refractivity contribution < 1.29 is 9.59 Å². The highest BCUT2D eigenvalue weighted by Gasteiger charge is 2.38. The van der Waals surface area contributed by atoms with E-state index in [9.17, 15) is 9.59 Å². The molecule has 0 bridgehead atoms. The van der Waals surface area contributed by atoms with Gasteiger partial charge in [0.1, 0.15) is 6.04 Å². The highest BCUT2D eigenvalue weighted by molar-refractivity contribution is 5.88. The molecular weight excluding hydrogens is 314 g/mol. The standard InChI is InChI=1S/C20H31N3O2/c1-14(2)12-17(24)22-18(15-8-6-5-7-9-15)19(25)23-11-10-16(21)20(3,4)13-23/h5-9,14,16,18H,10-13,21H2,1-4H3,(H,22,24). The number of nitrogens with two attached hydrogens (primary N) is 1. The maximum absolute atomic E-state index is 13.2. The van der Waals surface area contributed by atoms with Gasteiger partial charge in [0.05, 0.1) is 0 Å². The van der Waals surface area contributed by atoms with Gasteiger partial charge in [-0.05, 0) is 23.3 Å². The van der Waals surface area contributed by atoms with Crippen molar-refractivity contribution in [2.24, 2.45) is 17.1 Å². The molecule has 5 heteroatoms. The molecule has 2 amide bonds. The van der Waals surface area contributed by atoms with E-state index in [2.05, 4.69) is 19.2 Å². The Labute approximate surface area is 151 Å². The Morgan fingerprint density at radius 1 is 1.28 bits per heavy atom. The number of nitrogens with one attached hydrogen (secondary N) is 1. The Bertz CT molecular complexity index is 598. The van der Waals surface area contributed by atoms with Crippen LogP contribution in [0.25, 0.3) is 0 Å². The largest absolute Gasteiger partial charge is 0.341 e. The average Bonchev–Trinajstić information content (AvgIpc) is 2.54. The van der Waals surface area contributed by atoms with Crippen molar-refractivity contribution in [1.29, 1.82) is 0 Å². The average molecular weight is 345 g/mol. The molecule has 0 aliphatic carbocycles. The summed E-state index contributed by atoms with van der Waals surface area (Å²) in [4.78, 5) is 27.3. The molecule has 0 saturated carbocycles. The van der Waals surface area contributed by atoms with Crippen LogP contribution in [0.4, 0.5) is 0 Å². The first kappa shape index (κ1) is 19.4. The molecule has 3 N–H and O–H groups in total. The minimum atomic E-state index is -0.641. The van der Waals surface area contributed by atoms with Crippen LogP contribution in [0.1, 0.15) is 52.1 Å². The first-order valence-electron chi connectivity index (χ1n) is 9.09. The zero-order chi connectivity index (χ0) is 18.6. The van der Waals surface area contributed by atoms with Gasteiger partial charge in [0.15, 0.2) is 0 Å². The highest BCUT2D eigenvalue weighted by atomic mass is 16.2. The quantitative estimate of drug-likeness (QED) is 0.861. The molecule has 1 aliphatic heterocycles. The van der Waals surface area contributed by atoms with Crippen molar-refractivity contribution in [3.05, 3.63) is 35.9 Å². The minimum Gasteiger partial charge on any atom is -0.341 e. The van der Waals surface area contributed by atoms with Crippen molar-refractivity contribution in [3.8, 4) is 0 Å². The number of carbonyl (C=O) groups excluding carboxylic acids is 2. The number of benzene rings is 1. The molecule has 1 aliphatic rings. The van der Waals surface area contributed by atoms with Gasteiger partial charge in [0, 0.05) is 25.6 Å². The van der Waals surface area contributed by atoms with E-state index in [4.69, 9.17) is 5.73 Å². The molecule has 25 heavy (non-hydrogen) atoms. The fraction of sp³-hybridized carbons (Fsp3) is 0.600. The highest BCUT2D eigenvalue weighted by Crippen LogP contribution is 2.29. The van der Waals surface area contributed by atoms with Crippen molar-refractivity contribution in [2.75, 3.05) is 13.1 Å². The van der Waals surface area contributed by atoms with Gasteiger partial charge in [-0.25, -0.2) is 0 Å². The van der Waals surface area contributed by atoms with E-state index in [-0.39, 0.29) is 29.2 Å². The summed E-state index contributed by atoms with van der Waals surface area (Å²) in [6, 6.07) is 8.91. The van der Waals surface area contributed by atoms with E-state index in [1.54, 1.807) is 0 Å². The Morgan fingerprint density at radius 3 is 2.48 bits per heavy atom. The fourth-order valence-electron chi connectivity index (χ4n) is 3.27. The van der Waals surface area contributed by atoms with E-state index in [1.165, 1.54) is 0 Å². The number of hydrogen-bond acceptors (Lipinski definition) is 3. The van der Waals surface area contributed by atoms with Crippen molar-refractivity contribution >= 4 is 11.8 Å². The van der Waals surface area contributed by atoms with Crippen LogP contribution in [0, 0.1) is 11.3 Å². The molecule has 1 heterocycles. The number of amides is 2. The van der Waals surface area contributed by atoms with Gasteiger partial charge in [-0.2, -0.15) is 0 Å². The molecule has 1 fully saturated rings. The summed E-state index contributed by atoms with van der Waals surface area (Å²) in [6.07, 6.45) is 1.19. The molecule has 2 unspecified atom stereocenters. The number of nitrogens with zero attached hydrogens (tertiary/aromatic N) is 1. The zero-order valence-electron chi connectivity index (χ0n) is 15.8. The normalized spacial score (nSPS) is 21.0. The number of piperidine rings is 1. The van der Waals surface area contributed by atoms with Gasteiger partial charge in [0.2, 0.25) is 11.8 Å². The molecule has 0 spiro atoms. The van der Waals surface area contributed by atoms with Crippen molar-refractivity contribution in [2.45, 2.75) is 52.6 Å². The number of rotatable bonds is 5. The van der Waals surface area contributed by atoms with Crippen LogP contribution in [-0.2, 0) is 9.59 Å². The predicted molar refractivity (Wildman–Crippen MR) is 99.7 cm³/mol. The first-order chi connectivity index (χ1) is 11.7. The number of likely N-dealkylation sites (tertiary alicyclic amines) is 1. The summed E-state index contributed by atoms with van der Waals surface area (Å²) in [7, 11) is 0. The lowest BCUT2D eigenvalue weighted by Crippen LogP contribution is -2.56. The summed E-state index contributed by atoms with van der Waals surface area (Å²) < 4.78 is 0. The number of carbonyl (C=O) groups is 2. The zero-order valence-corrected chi connectivity index (χ0v) is 15.8. The van der Waals surface area contributed by atoms with Crippen LogP contribution in [0.15, 0.2) is 30.3 Å². The second-order valence-corrected chi connectivity index (χ2v) is 8.15. The van der Waals surface area contributed by atoms with E-state index in [0.717, 1.165) is 12.0 Å². The molecule has 2 rings (SSSR count). The first-order valence-corrected chi connectivity index (χ1v) is 9.09. The van der Waals surface area contributed by atoms with E-state index < -0.39 is 6.04 Å². The molecule has 0 radical (unpaired) electrons. The van der Waals surface area contributed by atoms with Gasteiger partial charge in [-0.3, -0.25) is 9.59 Å². The molecule has 0 aromatic heterocycles. The topological polar surface area (TPSA) is 75.4 Å². The van der Waals surface area contributed by atoms with Gasteiger partial charge in [-0.1, -0.05) is 58.0 Å². The third kappa shape index (κ3) is 5.05. The summed E-state index contributed by atoms with van der Waals surface area (Å²) in [6.45, 7) is 9.40. The van der Waals surface area contributed by atoms with Gasteiger partial charge in [0.25, 0.3) is 0 Å². The van der Waals surface area contributed by atoms with Gasteiger partial charge < -0.3 is 16.0 Å². The van der Waals surface area contributed by atoms with E-state index in [0.29, 0.717) is 19.5 Å². The van der Waals surface area contributed by atoms with E-state index in [1.807, 2.05) is 49.1 Å². The third-order valence-corrected chi connectivity index (χ3v) is 4.90. The lowest BCUT2D eigenvalue weighted by Gasteiger charge is -2.43. The van der Waals surface area contributed by atoms with Gasteiger partial charge >= 0.3 is 0 Å². The lowest BCUT2D eigenvalue weighted by atomic mass is 9.79. The third-order valence-electron chi connectivity index (χ3n) is 4.90. The molecule has 2 atom stereocenters. The summed E-state index contributed by atoms with van der Waals surface area (Å²) >= 11 is 0. The Kier molecular flexibility index (Phi) is 6.22. The lowest BCUT2D eigenvalue weighted by molar-refractivity contribution is -0.139. The SMILES string of the molecule is CC(C)CC(=O)NC(C(=O)N1CCC(N)C(C)(C)C1)c1ccccc1. The molecule has 1 aromatic rings. The molecule has 1 saturated heterocycles. The van der Waals surface area contributed by atoms with Crippen LogP contribution in [0.2, 0.25) is 0 Å². The van der Waals surface area contributed by atoms with Crippen LogP contribution in [-0.4, -0.2) is 35.8 Å². The Balaban J connectivity index is 2.20. The number of hydrogen-bond donors (Lipinski definition) is 2. The molecular formula is C20H31N3O2. The maximum Gasteiger partial charge on any atom is 0.249 e. The van der Waals surface area contributed by atoms with Crippen LogP contribution >= 0.6 is 0 Å². The Hall–Kier alpha value is -1.88.